The molecule has 0 fully saturated rings. The summed E-state index contributed by atoms with van der Waals surface area (Å²) < 4.78 is 4.99. The van der Waals surface area contributed by atoms with Crippen molar-refractivity contribution in [3.8, 4) is 11.4 Å². The first kappa shape index (κ1) is 9.11. The zero-order valence-electron chi connectivity index (χ0n) is 8.47. The van der Waals surface area contributed by atoms with Gasteiger partial charge in [0.15, 0.2) is 0 Å². The number of hydrogen-bond donors (Lipinski definition) is 2. The van der Waals surface area contributed by atoms with E-state index in [9.17, 15) is 0 Å². The van der Waals surface area contributed by atoms with Crippen LogP contribution in [0.15, 0.2) is 35.0 Å². The number of benzene rings is 1. The number of nitrogens with one attached hydrogen (secondary N) is 1. The molecule has 0 unspecified atom stereocenters. The SMILES string of the molecule is NCc1nc(-c2cccc3cc[nH]c23)no1. The van der Waals surface area contributed by atoms with Crippen LogP contribution in [-0.2, 0) is 6.54 Å². The topological polar surface area (TPSA) is 80.7 Å². The van der Waals surface area contributed by atoms with Crippen molar-refractivity contribution in [2.24, 2.45) is 5.73 Å². The third-order valence-corrected chi connectivity index (χ3v) is 2.47. The number of nitrogens with two attached hydrogens (primary N) is 1. The second kappa shape index (κ2) is 3.46. The molecule has 0 aliphatic heterocycles. The Bertz CT molecular complexity index is 625. The molecule has 5 heteroatoms. The first-order valence-corrected chi connectivity index (χ1v) is 4.97. The van der Waals surface area contributed by atoms with Gasteiger partial charge in [-0.15, -0.1) is 0 Å². The van der Waals surface area contributed by atoms with Crippen molar-refractivity contribution in [1.82, 2.24) is 15.1 Å². The molecule has 3 rings (SSSR count). The normalized spacial score (nSPS) is 11.1. The Kier molecular flexibility index (Phi) is 1.97. The average Bonchev–Trinajstić information content (AvgIpc) is 2.97. The highest BCUT2D eigenvalue weighted by atomic mass is 16.5. The van der Waals surface area contributed by atoms with Crippen LogP contribution in [0.3, 0.4) is 0 Å². The first-order valence-electron chi connectivity index (χ1n) is 4.97. The maximum atomic E-state index is 5.43. The molecule has 0 saturated heterocycles. The number of aromatic nitrogens is 3. The molecule has 5 nitrogen and oxygen atoms in total. The molecule has 3 aromatic rings. The fraction of sp³-hybridized carbons (Fsp3) is 0.0909. The molecule has 0 aliphatic carbocycles. The van der Waals surface area contributed by atoms with E-state index in [-0.39, 0.29) is 6.54 Å². The lowest BCUT2D eigenvalue weighted by Gasteiger charge is -1.96. The number of H-pyrrole nitrogens is 1. The fourth-order valence-electron chi connectivity index (χ4n) is 1.72. The van der Waals surface area contributed by atoms with Gasteiger partial charge in [0.05, 0.1) is 12.1 Å². The standard InChI is InChI=1S/C11H10N4O/c12-6-9-14-11(15-16-9)8-3-1-2-7-4-5-13-10(7)8/h1-5,13H,6,12H2. The number of rotatable bonds is 2. The number of nitrogens with zero attached hydrogens (tertiary/aromatic N) is 2. The molecule has 16 heavy (non-hydrogen) atoms. The van der Waals surface area contributed by atoms with Gasteiger partial charge in [-0.3, -0.25) is 0 Å². The van der Waals surface area contributed by atoms with Crippen LogP contribution in [0.4, 0.5) is 0 Å². The van der Waals surface area contributed by atoms with Crippen LogP contribution < -0.4 is 5.73 Å². The highest BCUT2D eigenvalue weighted by Gasteiger charge is 2.10. The van der Waals surface area contributed by atoms with Gasteiger partial charge in [0.25, 0.3) is 0 Å². The Morgan fingerprint density at radius 1 is 1.31 bits per heavy atom. The van der Waals surface area contributed by atoms with Gasteiger partial charge in [-0.05, 0) is 12.1 Å². The van der Waals surface area contributed by atoms with Gasteiger partial charge in [0, 0.05) is 17.1 Å². The van der Waals surface area contributed by atoms with E-state index in [0.717, 1.165) is 16.5 Å². The molecule has 80 valence electrons. The highest BCUT2D eigenvalue weighted by molar-refractivity contribution is 5.92. The second-order valence-corrected chi connectivity index (χ2v) is 3.46. The maximum absolute atomic E-state index is 5.43. The third kappa shape index (κ3) is 1.30. The van der Waals surface area contributed by atoms with E-state index in [1.807, 2.05) is 30.5 Å². The summed E-state index contributed by atoms with van der Waals surface area (Å²) in [5, 5.41) is 5.02. The molecule has 0 bridgehead atoms. The summed E-state index contributed by atoms with van der Waals surface area (Å²) in [7, 11) is 0. The van der Waals surface area contributed by atoms with E-state index >= 15 is 0 Å². The molecule has 1 aromatic carbocycles. The lowest BCUT2D eigenvalue weighted by molar-refractivity contribution is 0.380. The molecule has 2 heterocycles. The van der Waals surface area contributed by atoms with Crippen molar-refractivity contribution in [1.29, 1.82) is 0 Å². The quantitative estimate of drug-likeness (QED) is 0.680. The van der Waals surface area contributed by atoms with Crippen molar-refractivity contribution in [2.45, 2.75) is 6.54 Å². The zero-order valence-corrected chi connectivity index (χ0v) is 8.47. The Hall–Kier alpha value is -2.14. The van der Waals surface area contributed by atoms with Gasteiger partial charge in [-0.25, -0.2) is 0 Å². The van der Waals surface area contributed by atoms with Gasteiger partial charge in [0.2, 0.25) is 11.7 Å². The van der Waals surface area contributed by atoms with Crippen LogP contribution in [0.2, 0.25) is 0 Å². The van der Waals surface area contributed by atoms with Crippen molar-refractivity contribution in [3.63, 3.8) is 0 Å². The van der Waals surface area contributed by atoms with Gasteiger partial charge in [-0.2, -0.15) is 4.98 Å². The summed E-state index contributed by atoms with van der Waals surface area (Å²) in [4.78, 5) is 7.37. The summed E-state index contributed by atoms with van der Waals surface area (Å²) in [5.74, 6) is 1.01. The van der Waals surface area contributed by atoms with Gasteiger partial charge in [0.1, 0.15) is 0 Å². The van der Waals surface area contributed by atoms with Gasteiger partial charge in [-0.1, -0.05) is 17.3 Å². The number of para-hydroxylation sites is 1. The predicted molar refractivity (Wildman–Crippen MR) is 59.5 cm³/mol. The van der Waals surface area contributed by atoms with E-state index < -0.39 is 0 Å². The minimum Gasteiger partial charge on any atom is -0.361 e. The minimum absolute atomic E-state index is 0.258. The van der Waals surface area contributed by atoms with E-state index in [1.165, 1.54) is 0 Å². The maximum Gasteiger partial charge on any atom is 0.240 e. The number of fused-ring (bicyclic) bond motifs is 1. The summed E-state index contributed by atoms with van der Waals surface area (Å²) in [5.41, 5.74) is 7.36. The predicted octanol–water partition coefficient (Wildman–Crippen LogP) is 1.68. The molecular weight excluding hydrogens is 204 g/mol. The van der Waals surface area contributed by atoms with Crippen LogP contribution in [0.5, 0.6) is 0 Å². The summed E-state index contributed by atoms with van der Waals surface area (Å²) >= 11 is 0. The van der Waals surface area contributed by atoms with Crippen molar-refractivity contribution < 1.29 is 4.52 Å². The number of hydrogen-bond acceptors (Lipinski definition) is 4. The highest BCUT2D eigenvalue weighted by Crippen LogP contribution is 2.25. The molecule has 0 spiro atoms. The molecule has 0 atom stereocenters. The monoisotopic (exact) mass is 214 g/mol. The lowest BCUT2D eigenvalue weighted by Crippen LogP contribution is -1.95. The van der Waals surface area contributed by atoms with Crippen LogP contribution in [0.25, 0.3) is 22.3 Å². The Labute approximate surface area is 91.3 Å². The summed E-state index contributed by atoms with van der Waals surface area (Å²) in [6.07, 6.45) is 1.89. The minimum atomic E-state index is 0.258. The largest absolute Gasteiger partial charge is 0.361 e. The van der Waals surface area contributed by atoms with E-state index in [4.69, 9.17) is 10.3 Å². The summed E-state index contributed by atoms with van der Waals surface area (Å²) in [6.45, 7) is 0.258. The Morgan fingerprint density at radius 3 is 3.06 bits per heavy atom. The van der Waals surface area contributed by atoms with E-state index in [0.29, 0.717) is 11.7 Å². The third-order valence-electron chi connectivity index (χ3n) is 2.47. The van der Waals surface area contributed by atoms with Crippen LogP contribution in [-0.4, -0.2) is 15.1 Å². The van der Waals surface area contributed by atoms with Crippen molar-refractivity contribution >= 4 is 10.9 Å². The molecule has 0 aliphatic rings. The number of aromatic amines is 1. The fourth-order valence-corrected chi connectivity index (χ4v) is 1.72. The first-order chi connectivity index (χ1) is 7.88. The Balaban J connectivity index is 2.21. The van der Waals surface area contributed by atoms with Gasteiger partial charge < -0.3 is 15.2 Å². The molecular formula is C11H10N4O. The zero-order chi connectivity index (χ0) is 11.0. The molecule has 2 aromatic heterocycles. The van der Waals surface area contributed by atoms with Gasteiger partial charge >= 0.3 is 0 Å². The van der Waals surface area contributed by atoms with E-state index in [2.05, 4.69) is 15.1 Å². The second-order valence-electron chi connectivity index (χ2n) is 3.46. The lowest BCUT2D eigenvalue weighted by atomic mass is 10.1. The van der Waals surface area contributed by atoms with Crippen LogP contribution in [0.1, 0.15) is 5.89 Å². The molecule has 0 amide bonds. The molecule has 3 N–H and O–H groups in total. The molecule has 0 saturated carbocycles. The molecule has 0 radical (unpaired) electrons. The van der Waals surface area contributed by atoms with Crippen molar-refractivity contribution in [2.75, 3.05) is 0 Å². The van der Waals surface area contributed by atoms with Crippen LogP contribution in [0, 0.1) is 0 Å². The van der Waals surface area contributed by atoms with Crippen molar-refractivity contribution in [3.05, 3.63) is 36.4 Å². The smallest absolute Gasteiger partial charge is 0.240 e. The summed E-state index contributed by atoms with van der Waals surface area (Å²) in [6, 6.07) is 7.94. The van der Waals surface area contributed by atoms with E-state index in [1.54, 1.807) is 0 Å². The Morgan fingerprint density at radius 2 is 2.25 bits per heavy atom. The average molecular weight is 214 g/mol. The van der Waals surface area contributed by atoms with Crippen LogP contribution >= 0.6 is 0 Å².